The van der Waals surface area contributed by atoms with Crippen molar-refractivity contribution in [1.29, 1.82) is 0 Å². The molecule has 0 aliphatic carbocycles. The molecule has 1 aromatic rings. The summed E-state index contributed by atoms with van der Waals surface area (Å²) < 4.78 is 0. The van der Waals surface area contributed by atoms with Crippen LogP contribution in [0.4, 0.5) is 5.69 Å². The highest BCUT2D eigenvalue weighted by Crippen LogP contribution is 2.29. The number of aryl methyl sites for hydroxylation is 1. The van der Waals surface area contributed by atoms with Gasteiger partial charge in [0.2, 0.25) is 5.91 Å². The van der Waals surface area contributed by atoms with Gasteiger partial charge in [0.1, 0.15) is 0 Å². The molecule has 110 valence electrons. The Balaban J connectivity index is 1.86. The molecule has 0 radical (unpaired) electrons. The molecule has 1 atom stereocenters. The van der Waals surface area contributed by atoms with Gasteiger partial charge in [-0.15, -0.1) is 0 Å². The summed E-state index contributed by atoms with van der Waals surface area (Å²) in [5.74, 6) is 0.601. The van der Waals surface area contributed by atoms with Crippen molar-refractivity contribution in [1.82, 2.24) is 5.32 Å². The maximum absolute atomic E-state index is 12.0. The van der Waals surface area contributed by atoms with Gasteiger partial charge in [0.15, 0.2) is 0 Å². The van der Waals surface area contributed by atoms with Crippen molar-refractivity contribution in [2.75, 3.05) is 18.4 Å². The van der Waals surface area contributed by atoms with E-state index in [4.69, 9.17) is 23.2 Å². The van der Waals surface area contributed by atoms with Crippen LogP contribution in [0, 0.1) is 12.8 Å². The number of anilines is 1. The number of hydrogen-bond acceptors (Lipinski definition) is 2. The fraction of sp³-hybridized carbons (Fsp3) is 0.533. The second-order valence-electron chi connectivity index (χ2n) is 5.38. The van der Waals surface area contributed by atoms with E-state index >= 15 is 0 Å². The van der Waals surface area contributed by atoms with Gasteiger partial charge < -0.3 is 10.6 Å². The number of nitrogens with one attached hydrogen (secondary N) is 2. The summed E-state index contributed by atoms with van der Waals surface area (Å²) in [6.07, 6.45) is 3.84. The topological polar surface area (TPSA) is 41.1 Å². The molecule has 5 heteroatoms. The average Bonchev–Trinajstić information content (AvgIpc) is 2.44. The molecular weight excluding hydrogens is 295 g/mol. The van der Waals surface area contributed by atoms with Crippen LogP contribution in [0.5, 0.6) is 0 Å². The fourth-order valence-corrected chi connectivity index (χ4v) is 2.89. The molecule has 20 heavy (non-hydrogen) atoms. The van der Waals surface area contributed by atoms with Crippen molar-refractivity contribution < 1.29 is 4.79 Å². The molecule has 1 aromatic carbocycles. The first-order chi connectivity index (χ1) is 9.56. The quantitative estimate of drug-likeness (QED) is 0.881. The molecule has 0 spiro atoms. The standard InChI is InChI=1S/C15H20Cl2N2O/c1-10-7-13(17)14(8-12(10)16)19-15(20)5-4-11-3-2-6-18-9-11/h7-8,11,18H,2-6,9H2,1H3,(H,19,20). The molecule has 1 aliphatic heterocycles. The lowest BCUT2D eigenvalue weighted by Gasteiger charge is -2.22. The van der Waals surface area contributed by atoms with Crippen LogP contribution >= 0.6 is 23.2 Å². The number of carbonyl (C=O) groups excluding carboxylic acids is 1. The van der Waals surface area contributed by atoms with Crippen molar-refractivity contribution in [2.24, 2.45) is 5.92 Å². The first-order valence-corrected chi connectivity index (χ1v) is 7.78. The SMILES string of the molecule is Cc1cc(Cl)c(NC(=O)CCC2CCCNC2)cc1Cl. The van der Waals surface area contributed by atoms with E-state index in [0.717, 1.165) is 25.1 Å². The Labute approximate surface area is 130 Å². The maximum atomic E-state index is 12.0. The molecule has 2 rings (SSSR count). The van der Waals surface area contributed by atoms with Crippen LogP contribution in [0.1, 0.15) is 31.2 Å². The molecule has 3 nitrogen and oxygen atoms in total. The summed E-state index contributed by atoms with van der Waals surface area (Å²) in [4.78, 5) is 12.0. The molecule has 0 bridgehead atoms. The third-order valence-corrected chi connectivity index (χ3v) is 4.42. The minimum atomic E-state index is -0.00241. The lowest BCUT2D eigenvalue weighted by molar-refractivity contribution is -0.116. The number of piperidine rings is 1. The van der Waals surface area contributed by atoms with E-state index in [0.29, 0.717) is 28.1 Å². The van der Waals surface area contributed by atoms with E-state index < -0.39 is 0 Å². The molecular formula is C15H20Cl2N2O. The zero-order valence-electron chi connectivity index (χ0n) is 11.6. The van der Waals surface area contributed by atoms with Crippen molar-refractivity contribution >= 4 is 34.8 Å². The summed E-state index contributed by atoms with van der Waals surface area (Å²) in [5.41, 5.74) is 1.50. The predicted molar refractivity (Wildman–Crippen MR) is 84.7 cm³/mol. The Morgan fingerprint density at radius 1 is 1.40 bits per heavy atom. The van der Waals surface area contributed by atoms with Crippen molar-refractivity contribution in [2.45, 2.75) is 32.6 Å². The molecule has 1 unspecified atom stereocenters. The molecule has 1 saturated heterocycles. The van der Waals surface area contributed by atoms with Gasteiger partial charge in [0.05, 0.1) is 10.7 Å². The number of carbonyl (C=O) groups is 1. The molecule has 1 heterocycles. The van der Waals surface area contributed by atoms with Gasteiger partial charge in [0.25, 0.3) is 0 Å². The zero-order chi connectivity index (χ0) is 14.5. The van der Waals surface area contributed by atoms with Crippen LogP contribution in [0.25, 0.3) is 0 Å². The summed E-state index contributed by atoms with van der Waals surface area (Å²) in [7, 11) is 0. The van der Waals surface area contributed by atoms with E-state index in [-0.39, 0.29) is 5.91 Å². The summed E-state index contributed by atoms with van der Waals surface area (Å²) >= 11 is 12.2. The average molecular weight is 315 g/mol. The molecule has 0 saturated carbocycles. The van der Waals surface area contributed by atoms with Crippen molar-refractivity contribution in [3.8, 4) is 0 Å². The maximum Gasteiger partial charge on any atom is 0.224 e. The zero-order valence-corrected chi connectivity index (χ0v) is 13.2. The van der Waals surface area contributed by atoms with E-state index in [2.05, 4.69) is 10.6 Å². The Morgan fingerprint density at radius 3 is 2.90 bits per heavy atom. The highest BCUT2D eigenvalue weighted by molar-refractivity contribution is 6.36. The van der Waals surface area contributed by atoms with Crippen molar-refractivity contribution in [3.63, 3.8) is 0 Å². The third kappa shape index (κ3) is 4.37. The summed E-state index contributed by atoms with van der Waals surface area (Å²) in [5, 5.41) is 7.34. The number of rotatable bonds is 4. The first kappa shape index (κ1) is 15.6. The molecule has 1 aliphatic rings. The normalized spacial score (nSPS) is 18.9. The Morgan fingerprint density at radius 2 is 2.20 bits per heavy atom. The van der Waals surface area contributed by atoms with Gasteiger partial charge in [-0.1, -0.05) is 23.2 Å². The highest BCUT2D eigenvalue weighted by atomic mass is 35.5. The van der Waals surface area contributed by atoms with Crippen LogP contribution in [-0.4, -0.2) is 19.0 Å². The lowest BCUT2D eigenvalue weighted by atomic mass is 9.94. The molecule has 2 N–H and O–H groups in total. The fourth-order valence-electron chi connectivity index (χ4n) is 2.46. The van der Waals surface area contributed by atoms with Crippen LogP contribution < -0.4 is 10.6 Å². The van der Waals surface area contributed by atoms with Gasteiger partial charge in [0, 0.05) is 11.4 Å². The van der Waals surface area contributed by atoms with Crippen LogP contribution in [0.3, 0.4) is 0 Å². The first-order valence-electron chi connectivity index (χ1n) is 7.02. The predicted octanol–water partition coefficient (Wildman–Crippen LogP) is 4.02. The Bertz CT molecular complexity index is 485. The number of halogens is 2. The molecule has 1 amide bonds. The highest BCUT2D eigenvalue weighted by Gasteiger charge is 2.15. The van der Waals surface area contributed by atoms with E-state index in [9.17, 15) is 4.79 Å². The van der Waals surface area contributed by atoms with Crippen LogP contribution in [-0.2, 0) is 4.79 Å². The van der Waals surface area contributed by atoms with Gasteiger partial charge in [-0.3, -0.25) is 4.79 Å². The number of benzene rings is 1. The smallest absolute Gasteiger partial charge is 0.224 e. The van der Waals surface area contributed by atoms with Crippen LogP contribution in [0.15, 0.2) is 12.1 Å². The van der Waals surface area contributed by atoms with E-state index in [1.54, 1.807) is 12.1 Å². The van der Waals surface area contributed by atoms with Gasteiger partial charge in [-0.25, -0.2) is 0 Å². The monoisotopic (exact) mass is 314 g/mol. The number of hydrogen-bond donors (Lipinski definition) is 2. The summed E-state index contributed by atoms with van der Waals surface area (Å²) in [6.45, 7) is 4.00. The largest absolute Gasteiger partial charge is 0.325 e. The summed E-state index contributed by atoms with van der Waals surface area (Å²) in [6, 6.07) is 3.48. The number of amides is 1. The van der Waals surface area contributed by atoms with E-state index in [1.165, 1.54) is 12.8 Å². The lowest BCUT2D eigenvalue weighted by Crippen LogP contribution is -2.30. The van der Waals surface area contributed by atoms with Gasteiger partial charge in [-0.2, -0.15) is 0 Å². The molecule has 1 fully saturated rings. The van der Waals surface area contributed by atoms with Crippen molar-refractivity contribution in [3.05, 3.63) is 27.7 Å². The Kier molecular flexibility index (Phi) is 5.70. The molecule has 0 aromatic heterocycles. The minimum Gasteiger partial charge on any atom is -0.325 e. The van der Waals surface area contributed by atoms with E-state index in [1.807, 2.05) is 6.92 Å². The van der Waals surface area contributed by atoms with Gasteiger partial charge in [-0.05, 0) is 62.9 Å². The van der Waals surface area contributed by atoms with Gasteiger partial charge >= 0.3 is 0 Å². The second kappa shape index (κ2) is 7.30. The second-order valence-corrected chi connectivity index (χ2v) is 6.19. The minimum absolute atomic E-state index is 0.00241. The third-order valence-electron chi connectivity index (χ3n) is 3.70. The van der Waals surface area contributed by atoms with Crippen LogP contribution in [0.2, 0.25) is 10.0 Å². The Hall–Kier alpha value is -0.770.